The summed E-state index contributed by atoms with van der Waals surface area (Å²) in [6.07, 6.45) is 2.80. The molecular weight excluding hydrogens is 268 g/mol. The van der Waals surface area contributed by atoms with Crippen molar-refractivity contribution in [1.29, 1.82) is 0 Å². The van der Waals surface area contributed by atoms with E-state index in [9.17, 15) is 9.59 Å². The lowest BCUT2D eigenvalue weighted by molar-refractivity contribution is -0.144. The molecule has 0 fully saturated rings. The number of ether oxygens (including phenoxy) is 2. The van der Waals surface area contributed by atoms with Crippen LogP contribution in [-0.4, -0.2) is 18.5 Å². The Morgan fingerprint density at radius 1 is 1.05 bits per heavy atom. The highest BCUT2D eigenvalue weighted by Crippen LogP contribution is 2.21. The average Bonchev–Trinajstić information content (AvgIpc) is 2.44. The molecule has 0 atom stereocenters. The standard InChI is InChI=1S/C17H24O4/c1-4-5-12-20-16(18)10-7-11-17(19)21-15-9-6-8-13(2)14(15)3/h6,8-9H,4-5,7,10-12H2,1-3H3. The van der Waals surface area contributed by atoms with Crippen LogP contribution in [0.2, 0.25) is 0 Å². The molecule has 0 heterocycles. The Hall–Kier alpha value is -1.84. The van der Waals surface area contributed by atoms with Crippen LogP contribution in [-0.2, 0) is 14.3 Å². The van der Waals surface area contributed by atoms with Crippen LogP contribution >= 0.6 is 0 Å². The van der Waals surface area contributed by atoms with Crippen molar-refractivity contribution in [3.8, 4) is 5.75 Å². The fourth-order valence-electron chi connectivity index (χ4n) is 1.79. The third kappa shape index (κ3) is 6.43. The molecule has 1 aromatic rings. The Kier molecular flexibility index (Phi) is 7.51. The maximum absolute atomic E-state index is 11.7. The molecule has 0 spiro atoms. The van der Waals surface area contributed by atoms with E-state index in [1.165, 1.54) is 0 Å². The fraction of sp³-hybridized carbons (Fsp3) is 0.529. The molecule has 116 valence electrons. The summed E-state index contributed by atoms with van der Waals surface area (Å²) in [6, 6.07) is 5.61. The second-order valence-electron chi connectivity index (χ2n) is 5.10. The summed E-state index contributed by atoms with van der Waals surface area (Å²) in [5.74, 6) is 0.0265. The van der Waals surface area contributed by atoms with Crippen molar-refractivity contribution in [2.24, 2.45) is 0 Å². The molecule has 0 aromatic heterocycles. The van der Waals surface area contributed by atoms with Crippen molar-refractivity contribution in [1.82, 2.24) is 0 Å². The first-order valence-electron chi connectivity index (χ1n) is 7.47. The Bertz CT molecular complexity index is 480. The normalized spacial score (nSPS) is 10.2. The molecule has 4 nitrogen and oxygen atoms in total. The van der Waals surface area contributed by atoms with E-state index < -0.39 is 0 Å². The lowest BCUT2D eigenvalue weighted by Gasteiger charge is -2.09. The molecule has 21 heavy (non-hydrogen) atoms. The average molecular weight is 292 g/mol. The van der Waals surface area contributed by atoms with Crippen LogP contribution in [0.25, 0.3) is 0 Å². The third-order valence-electron chi connectivity index (χ3n) is 3.30. The molecule has 0 aliphatic rings. The van der Waals surface area contributed by atoms with Crippen molar-refractivity contribution in [2.45, 2.75) is 52.9 Å². The van der Waals surface area contributed by atoms with Crippen LogP contribution in [0.5, 0.6) is 5.75 Å². The number of esters is 2. The molecule has 0 aliphatic heterocycles. The number of hydrogen-bond acceptors (Lipinski definition) is 4. The van der Waals surface area contributed by atoms with E-state index in [-0.39, 0.29) is 24.8 Å². The van der Waals surface area contributed by atoms with Crippen LogP contribution in [0.3, 0.4) is 0 Å². The minimum Gasteiger partial charge on any atom is -0.466 e. The number of aryl methyl sites for hydroxylation is 1. The molecule has 0 unspecified atom stereocenters. The van der Waals surface area contributed by atoms with Gasteiger partial charge in [0.25, 0.3) is 0 Å². The molecule has 1 aromatic carbocycles. The number of carbonyl (C=O) groups excluding carboxylic acids is 2. The number of carbonyl (C=O) groups is 2. The Balaban J connectivity index is 2.28. The summed E-state index contributed by atoms with van der Waals surface area (Å²) >= 11 is 0. The number of rotatable bonds is 8. The van der Waals surface area contributed by atoms with Gasteiger partial charge < -0.3 is 9.47 Å². The Morgan fingerprint density at radius 3 is 2.48 bits per heavy atom. The summed E-state index contributed by atoms with van der Waals surface area (Å²) in [6.45, 7) is 6.39. The zero-order valence-electron chi connectivity index (χ0n) is 13.1. The van der Waals surface area contributed by atoms with Crippen LogP contribution in [0.4, 0.5) is 0 Å². The van der Waals surface area contributed by atoms with Gasteiger partial charge in [0.2, 0.25) is 0 Å². The molecule has 1 rings (SSSR count). The largest absolute Gasteiger partial charge is 0.466 e. The van der Waals surface area contributed by atoms with Gasteiger partial charge in [-0.15, -0.1) is 0 Å². The monoisotopic (exact) mass is 292 g/mol. The number of benzene rings is 1. The van der Waals surface area contributed by atoms with Crippen molar-refractivity contribution >= 4 is 11.9 Å². The molecule has 0 saturated carbocycles. The van der Waals surface area contributed by atoms with Gasteiger partial charge in [0.05, 0.1) is 6.61 Å². The minimum absolute atomic E-state index is 0.219. The van der Waals surface area contributed by atoms with Gasteiger partial charge in [0, 0.05) is 12.8 Å². The molecular formula is C17H24O4. The lowest BCUT2D eigenvalue weighted by atomic mass is 10.1. The zero-order chi connectivity index (χ0) is 15.7. The highest BCUT2D eigenvalue weighted by molar-refractivity contribution is 5.74. The van der Waals surface area contributed by atoms with Crippen molar-refractivity contribution in [3.05, 3.63) is 29.3 Å². The molecule has 0 N–H and O–H groups in total. The first-order chi connectivity index (χ1) is 10.0. The van der Waals surface area contributed by atoms with Crippen LogP contribution < -0.4 is 4.74 Å². The quantitative estimate of drug-likeness (QED) is 0.416. The van der Waals surface area contributed by atoms with E-state index in [1.54, 1.807) is 6.07 Å². The van der Waals surface area contributed by atoms with E-state index in [0.29, 0.717) is 18.8 Å². The lowest BCUT2D eigenvalue weighted by Crippen LogP contribution is -2.11. The Labute approximate surface area is 126 Å². The minimum atomic E-state index is -0.315. The van der Waals surface area contributed by atoms with Gasteiger partial charge in [-0.3, -0.25) is 9.59 Å². The SMILES string of the molecule is CCCCOC(=O)CCCC(=O)Oc1cccc(C)c1C. The third-order valence-corrected chi connectivity index (χ3v) is 3.30. The van der Waals surface area contributed by atoms with E-state index in [4.69, 9.17) is 9.47 Å². The smallest absolute Gasteiger partial charge is 0.311 e. The molecule has 0 aliphatic carbocycles. The zero-order valence-corrected chi connectivity index (χ0v) is 13.1. The first-order valence-corrected chi connectivity index (χ1v) is 7.47. The van der Waals surface area contributed by atoms with E-state index in [0.717, 1.165) is 24.0 Å². The van der Waals surface area contributed by atoms with Gasteiger partial charge in [-0.25, -0.2) is 0 Å². The van der Waals surface area contributed by atoms with Gasteiger partial charge in [0.1, 0.15) is 5.75 Å². The Morgan fingerprint density at radius 2 is 1.76 bits per heavy atom. The summed E-state index contributed by atoms with van der Waals surface area (Å²) in [7, 11) is 0. The highest BCUT2D eigenvalue weighted by Gasteiger charge is 2.10. The summed E-state index contributed by atoms with van der Waals surface area (Å²) in [5, 5.41) is 0. The van der Waals surface area contributed by atoms with Crippen molar-refractivity contribution < 1.29 is 19.1 Å². The van der Waals surface area contributed by atoms with Crippen molar-refractivity contribution in [3.63, 3.8) is 0 Å². The van der Waals surface area contributed by atoms with Crippen molar-refractivity contribution in [2.75, 3.05) is 6.61 Å². The molecule has 0 radical (unpaired) electrons. The second-order valence-corrected chi connectivity index (χ2v) is 5.10. The summed E-state index contributed by atoms with van der Waals surface area (Å²) in [5.41, 5.74) is 2.05. The van der Waals surface area contributed by atoms with Crippen LogP contribution in [0, 0.1) is 13.8 Å². The van der Waals surface area contributed by atoms with Gasteiger partial charge in [-0.05, 0) is 43.9 Å². The van der Waals surface area contributed by atoms with E-state index >= 15 is 0 Å². The molecule has 4 heteroatoms. The topological polar surface area (TPSA) is 52.6 Å². The maximum Gasteiger partial charge on any atom is 0.311 e. The predicted molar refractivity (Wildman–Crippen MR) is 81.3 cm³/mol. The molecule has 0 bridgehead atoms. The van der Waals surface area contributed by atoms with Gasteiger partial charge >= 0.3 is 11.9 Å². The second kappa shape index (κ2) is 9.16. The van der Waals surface area contributed by atoms with Gasteiger partial charge in [0.15, 0.2) is 0 Å². The van der Waals surface area contributed by atoms with Crippen LogP contribution in [0.15, 0.2) is 18.2 Å². The van der Waals surface area contributed by atoms with E-state index in [1.807, 2.05) is 32.9 Å². The number of hydrogen-bond donors (Lipinski definition) is 0. The predicted octanol–water partition coefficient (Wildman–Crippen LogP) is 3.72. The summed E-state index contributed by atoms with van der Waals surface area (Å²) < 4.78 is 10.3. The number of unbranched alkanes of at least 4 members (excludes halogenated alkanes) is 1. The highest BCUT2D eigenvalue weighted by atomic mass is 16.5. The maximum atomic E-state index is 11.7. The van der Waals surface area contributed by atoms with Gasteiger partial charge in [-0.1, -0.05) is 25.5 Å². The fourth-order valence-corrected chi connectivity index (χ4v) is 1.79. The van der Waals surface area contributed by atoms with Gasteiger partial charge in [-0.2, -0.15) is 0 Å². The first kappa shape index (κ1) is 17.2. The van der Waals surface area contributed by atoms with E-state index in [2.05, 4.69) is 0 Å². The summed E-state index contributed by atoms with van der Waals surface area (Å²) in [4.78, 5) is 23.1. The molecule has 0 amide bonds. The molecule has 0 saturated heterocycles. The van der Waals surface area contributed by atoms with Crippen LogP contribution in [0.1, 0.15) is 50.2 Å².